The highest BCUT2D eigenvalue weighted by Gasteiger charge is 2.50. The topological polar surface area (TPSA) is 96.2 Å². The van der Waals surface area contributed by atoms with Gasteiger partial charge >= 0.3 is 15.5 Å². The van der Waals surface area contributed by atoms with Gasteiger partial charge in [0.25, 0.3) is 0 Å². The molecule has 1 saturated heterocycles. The number of piperidine rings is 1. The summed E-state index contributed by atoms with van der Waals surface area (Å²) in [6, 6.07) is 3.47. The summed E-state index contributed by atoms with van der Waals surface area (Å²) >= 11 is 0. The van der Waals surface area contributed by atoms with Crippen molar-refractivity contribution in [1.29, 1.82) is 0 Å². The number of nitrogens with one attached hydrogen (secondary N) is 2. The first-order valence-electron chi connectivity index (χ1n) is 8.88. The lowest BCUT2D eigenvalue weighted by Crippen LogP contribution is -2.51. The summed E-state index contributed by atoms with van der Waals surface area (Å²) in [5.74, 6) is 1.27. The van der Waals surface area contributed by atoms with E-state index in [4.69, 9.17) is 9.15 Å². The number of sulfonamides is 1. The number of alkyl halides is 3. The maximum atomic E-state index is 12.6. The molecule has 1 fully saturated rings. The van der Waals surface area contributed by atoms with E-state index in [1.807, 2.05) is 6.07 Å². The van der Waals surface area contributed by atoms with Gasteiger partial charge in [-0.3, -0.25) is 4.99 Å². The number of ether oxygens (including phenoxy) is 1. The predicted octanol–water partition coefficient (Wildman–Crippen LogP) is 2.28. The van der Waals surface area contributed by atoms with Crippen LogP contribution in [-0.4, -0.2) is 63.5 Å². The molecule has 0 amide bonds. The number of aliphatic imine (C=N–C) groups is 1. The molecule has 29 heavy (non-hydrogen) atoms. The van der Waals surface area contributed by atoms with E-state index in [1.165, 1.54) is 0 Å². The molecule has 0 aliphatic carbocycles. The number of guanidine groups is 1. The third-order valence-electron chi connectivity index (χ3n) is 4.23. The molecule has 0 radical (unpaired) electrons. The Balaban J connectivity index is 0.00000420. The highest BCUT2D eigenvalue weighted by molar-refractivity contribution is 14.0. The molecule has 168 valence electrons. The highest BCUT2D eigenvalue weighted by atomic mass is 127. The minimum atomic E-state index is -5.26. The van der Waals surface area contributed by atoms with E-state index < -0.39 is 15.5 Å². The van der Waals surface area contributed by atoms with Crippen molar-refractivity contribution in [3.8, 4) is 0 Å². The van der Waals surface area contributed by atoms with Crippen LogP contribution in [0.25, 0.3) is 0 Å². The molecule has 0 spiro atoms. The lowest BCUT2D eigenvalue weighted by molar-refractivity contribution is -0.0494. The molecule has 8 nitrogen and oxygen atoms in total. The summed E-state index contributed by atoms with van der Waals surface area (Å²) in [6.07, 6.45) is 2.84. The Bertz CT molecular complexity index is 721. The van der Waals surface area contributed by atoms with E-state index in [1.54, 1.807) is 19.4 Å². The summed E-state index contributed by atoms with van der Waals surface area (Å²) in [7, 11) is -3.67. The van der Waals surface area contributed by atoms with Crippen LogP contribution in [-0.2, 0) is 21.4 Å². The molecular weight excluding hydrogens is 528 g/mol. The standard InChI is InChI=1S/C16H25F3N4O4S.HI/c1-20-15(21-7-3-10-26-12-14-4-2-11-27-14)22-13-5-8-23(9-6-13)28(24,25)16(17,18)19;/h2,4,11,13H,3,5-10,12H2,1H3,(H2,20,21,22);1H. The van der Waals surface area contributed by atoms with Gasteiger partial charge in [0, 0.05) is 39.3 Å². The van der Waals surface area contributed by atoms with Crippen molar-refractivity contribution in [3.05, 3.63) is 24.2 Å². The molecule has 1 aliphatic heterocycles. The number of hydrogen-bond acceptors (Lipinski definition) is 5. The summed E-state index contributed by atoms with van der Waals surface area (Å²) < 4.78 is 71.7. The van der Waals surface area contributed by atoms with E-state index in [2.05, 4.69) is 15.6 Å². The number of nitrogens with zero attached hydrogens (tertiary/aromatic N) is 2. The number of halogens is 4. The van der Waals surface area contributed by atoms with Crippen LogP contribution in [0, 0.1) is 0 Å². The molecule has 0 saturated carbocycles. The van der Waals surface area contributed by atoms with Crippen molar-refractivity contribution in [2.24, 2.45) is 4.99 Å². The van der Waals surface area contributed by atoms with E-state index >= 15 is 0 Å². The van der Waals surface area contributed by atoms with Gasteiger partial charge < -0.3 is 19.8 Å². The Labute approximate surface area is 185 Å². The molecule has 0 bridgehead atoms. The summed E-state index contributed by atoms with van der Waals surface area (Å²) in [5, 5.41) is 6.21. The van der Waals surface area contributed by atoms with Gasteiger partial charge in [-0.15, -0.1) is 24.0 Å². The average Bonchev–Trinajstić information content (AvgIpc) is 3.16. The zero-order chi connectivity index (χ0) is 20.6. The first-order valence-corrected chi connectivity index (χ1v) is 10.3. The van der Waals surface area contributed by atoms with E-state index in [-0.39, 0.29) is 55.9 Å². The van der Waals surface area contributed by atoms with Crippen LogP contribution in [0.3, 0.4) is 0 Å². The second kappa shape index (κ2) is 12.0. The quantitative estimate of drug-likeness (QED) is 0.222. The monoisotopic (exact) mass is 554 g/mol. The number of rotatable bonds is 8. The maximum Gasteiger partial charge on any atom is 0.511 e. The Morgan fingerprint density at radius 1 is 1.38 bits per heavy atom. The summed E-state index contributed by atoms with van der Waals surface area (Å²) in [6.45, 7) is 1.16. The molecule has 1 aromatic rings. The van der Waals surface area contributed by atoms with Crippen LogP contribution >= 0.6 is 24.0 Å². The molecule has 1 aromatic heterocycles. The molecule has 1 aliphatic rings. The smallest absolute Gasteiger partial charge is 0.467 e. The second-order valence-electron chi connectivity index (χ2n) is 6.25. The average molecular weight is 554 g/mol. The molecular formula is C16H26F3IN4O4S. The Hall–Kier alpha value is -1.06. The predicted molar refractivity (Wildman–Crippen MR) is 112 cm³/mol. The van der Waals surface area contributed by atoms with Crippen LogP contribution < -0.4 is 10.6 Å². The van der Waals surface area contributed by atoms with Crippen LogP contribution in [0.2, 0.25) is 0 Å². The lowest BCUT2D eigenvalue weighted by atomic mass is 10.1. The van der Waals surface area contributed by atoms with Crippen molar-refractivity contribution in [2.75, 3.05) is 33.3 Å². The molecule has 2 heterocycles. The normalized spacial score (nSPS) is 17.0. The Kier molecular flexibility index (Phi) is 10.7. The Morgan fingerprint density at radius 3 is 2.62 bits per heavy atom. The first-order chi connectivity index (χ1) is 13.2. The van der Waals surface area contributed by atoms with Gasteiger partial charge in [-0.1, -0.05) is 0 Å². The Morgan fingerprint density at radius 2 is 2.07 bits per heavy atom. The van der Waals surface area contributed by atoms with E-state index in [0.29, 0.717) is 30.0 Å². The SMILES string of the molecule is CN=C(NCCCOCc1ccco1)NC1CCN(S(=O)(=O)C(F)(F)F)CC1.I. The van der Waals surface area contributed by atoms with Gasteiger partial charge in [-0.05, 0) is 31.4 Å². The lowest BCUT2D eigenvalue weighted by Gasteiger charge is -2.32. The van der Waals surface area contributed by atoms with Crippen molar-refractivity contribution >= 4 is 40.0 Å². The fourth-order valence-corrected chi connectivity index (χ4v) is 3.71. The first kappa shape index (κ1) is 26.0. The van der Waals surface area contributed by atoms with Crippen molar-refractivity contribution in [3.63, 3.8) is 0 Å². The van der Waals surface area contributed by atoms with E-state index in [9.17, 15) is 21.6 Å². The third kappa shape index (κ3) is 7.94. The van der Waals surface area contributed by atoms with Crippen molar-refractivity contribution in [2.45, 2.75) is 37.4 Å². The zero-order valence-corrected chi connectivity index (χ0v) is 19.1. The van der Waals surface area contributed by atoms with Gasteiger partial charge in [0.15, 0.2) is 5.96 Å². The molecule has 2 N–H and O–H groups in total. The zero-order valence-electron chi connectivity index (χ0n) is 15.9. The molecule has 0 atom stereocenters. The van der Waals surface area contributed by atoms with Gasteiger partial charge in [0.05, 0.1) is 6.26 Å². The summed E-state index contributed by atoms with van der Waals surface area (Å²) in [5.41, 5.74) is -5.26. The molecule has 0 aromatic carbocycles. The fraction of sp³-hybridized carbons (Fsp3) is 0.688. The highest BCUT2D eigenvalue weighted by Crippen LogP contribution is 2.28. The van der Waals surface area contributed by atoms with Crippen LogP contribution in [0.15, 0.2) is 27.8 Å². The number of hydrogen-bond donors (Lipinski definition) is 2. The minimum Gasteiger partial charge on any atom is -0.467 e. The van der Waals surface area contributed by atoms with Crippen molar-refractivity contribution in [1.82, 2.24) is 14.9 Å². The van der Waals surface area contributed by atoms with Crippen LogP contribution in [0.5, 0.6) is 0 Å². The van der Waals surface area contributed by atoms with Crippen LogP contribution in [0.4, 0.5) is 13.2 Å². The van der Waals surface area contributed by atoms with Gasteiger partial charge in [-0.2, -0.15) is 17.5 Å². The van der Waals surface area contributed by atoms with Gasteiger partial charge in [-0.25, -0.2) is 8.42 Å². The minimum absolute atomic E-state index is 0. The molecule has 13 heteroatoms. The largest absolute Gasteiger partial charge is 0.511 e. The van der Waals surface area contributed by atoms with Crippen LogP contribution in [0.1, 0.15) is 25.0 Å². The third-order valence-corrected chi connectivity index (χ3v) is 5.86. The van der Waals surface area contributed by atoms with Gasteiger partial charge in [0.1, 0.15) is 12.4 Å². The second-order valence-corrected chi connectivity index (χ2v) is 8.18. The van der Waals surface area contributed by atoms with Gasteiger partial charge in [0.2, 0.25) is 0 Å². The number of furan rings is 1. The fourth-order valence-electron chi connectivity index (χ4n) is 2.72. The molecule has 2 rings (SSSR count). The summed E-state index contributed by atoms with van der Waals surface area (Å²) in [4.78, 5) is 4.07. The molecule has 0 unspecified atom stereocenters. The van der Waals surface area contributed by atoms with E-state index in [0.717, 1.165) is 12.2 Å². The maximum absolute atomic E-state index is 12.6. The van der Waals surface area contributed by atoms with Crippen molar-refractivity contribution < 1.29 is 30.7 Å².